The molecule has 0 aliphatic heterocycles. The molecule has 0 bridgehead atoms. The molecule has 0 aromatic carbocycles. The first-order chi connectivity index (χ1) is 4.85. The Hall–Kier alpha value is -0.780. The van der Waals surface area contributed by atoms with Crippen LogP contribution in [0.1, 0.15) is 26.7 Å². The van der Waals surface area contributed by atoms with Crippen molar-refractivity contribution in [1.29, 1.82) is 0 Å². The van der Waals surface area contributed by atoms with Crippen LogP contribution in [0, 0.1) is 0 Å². The summed E-state index contributed by atoms with van der Waals surface area (Å²) >= 11 is 0. The Morgan fingerprint density at radius 1 is 1.50 bits per heavy atom. The Morgan fingerprint density at radius 3 is 2.60 bits per heavy atom. The van der Waals surface area contributed by atoms with Gasteiger partial charge in [0.15, 0.2) is 0 Å². The molecule has 0 amide bonds. The lowest BCUT2D eigenvalue weighted by molar-refractivity contribution is 1.03. The second-order valence-corrected chi connectivity index (χ2v) is 2.19. The van der Waals surface area contributed by atoms with Gasteiger partial charge in [0.2, 0.25) is 0 Å². The highest BCUT2D eigenvalue weighted by Crippen LogP contribution is 2.06. The summed E-state index contributed by atoms with van der Waals surface area (Å²) in [6, 6.07) is 0. The second-order valence-electron chi connectivity index (χ2n) is 2.19. The van der Waals surface area contributed by atoms with Crippen molar-refractivity contribution in [3.05, 3.63) is 36.5 Å². The Morgan fingerprint density at radius 2 is 2.20 bits per heavy atom. The van der Waals surface area contributed by atoms with Crippen molar-refractivity contribution in [2.45, 2.75) is 26.7 Å². The van der Waals surface area contributed by atoms with E-state index in [0.29, 0.717) is 0 Å². The molecule has 0 aliphatic rings. The zero-order valence-corrected chi connectivity index (χ0v) is 6.93. The van der Waals surface area contributed by atoms with Crippen molar-refractivity contribution in [2.24, 2.45) is 0 Å². The largest absolute Gasteiger partial charge is 0.0991 e. The van der Waals surface area contributed by atoms with E-state index in [1.807, 2.05) is 13.0 Å². The lowest BCUT2D eigenvalue weighted by Crippen LogP contribution is -1.75. The predicted molar refractivity (Wildman–Crippen MR) is 48.0 cm³/mol. The maximum Gasteiger partial charge on any atom is -0.0136 e. The van der Waals surface area contributed by atoms with Crippen LogP contribution >= 0.6 is 0 Å². The molecule has 0 saturated heterocycles. The minimum absolute atomic E-state index is 1.07. The van der Waals surface area contributed by atoms with E-state index in [0.717, 1.165) is 12.8 Å². The van der Waals surface area contributed by atoms with Gasteiger partial charge in [0.05, 0.1) is 0 Å². The SMILES string of the molecule is C=C/C=C(/CC)C/C=C\C. The van der Waals surface area contributed by atoms with Gasteiger partial charge in [-0.15, -0.1) is 0 Å². The zero-order valence-electron chi connectivity index (χ0n) is 6.93. The van der Waals surface area contributed by atoms with Gasteiger partial charge in [0.1, 0.15) is 0 Å². The van der Waals surface area contributed by atoms with Gasteiger partial charge in [-0.3, -0.25) is 0 Å². The van der Waals surface area contributed by atoms with Crippen molar-refractivity contribution in [2.75, 3.05) is 0 Å². The molecule has 0 aliphatic carbocycles. The Kier molecular flexibility index (Phi) is 5.85. The fourth-order valence-electron chi connectivity index (χ4n) is 0.766. The topological polar surface area (TPSA) is 0 Å². The molecule has 0 radical (unpaired) electrons. The number of allylic oxidation sites excluding steroid dienone is 5. The standard InChI is InChI=1S/C10H16/c1-4-7-9-10(6-3)8-5-2/h4-5,7-8H,2,6,9H2,1,3H3/b7-4-,10-8-. The maximum absolute atomic E-state index is 3.66. The summed E-state index contributed by atoms with van der Waals surface area (Å²) in [5.41, 5.74) is 1.44. The van der Waals surface area contributed by atoms with Crippen molar-refractivity contribution >= 4 is 0 Å². The van der Waals surface area contributed by atoms with Gasteiger partial charge in [-0.2, -0.15) is 0 Å². The van der Waals surface area contributed by atoms with Crippen molar-refractivity contribution in [1.82, 2.24) is 0 Å². The first-order valence-corrected chi connectivity index (χ1v) is 3.76. The van der Waals surface area contributed by atoms with E-state index in [-0.39, 0.29) is 0 Å². The van der Waals surface area contributed by atoms with E-state index in [1.54, 1.807) is 0 Å². The average Bonchev–Trinajstić information content (AvgIpc) is 1.98. The molecule has 0 aromatic rings. The summed E-state index contributed by atoms with van der Waals surface area (Å²) in [5.74, 6) is 0. The molecule has 0 unspecified atom stereocenters. The van der Waals surface area contributed by atoms with E-state index in [4.69, 9.17) is 0 Å². The summed E-state index contributed by atoms with van der Waals surface area (Å²) in [5, 5.41) is 0. The Balaban J connectivity index is 3.82. The maximum atomic E-state index is 3.66. The van der Waals surface area contributed by atoms with Gasteiger partial charge in [-0.25, -0.2) is 0 Å². The molecule has 0 heterocycles. The van der Waals surface area contributed by atoms with Gasteiger partial charge in [0.25, 0.3) is 0 Å². The molecule has 0 rings (SSSR count). The number of hydrogen-bond donors (Lipinski definition) is 0. The normalized spacial score (nSPS) is 12.4. The number of rotatable bonds is 4. The molecule has 0 spiro atoms. The second kappa shape index (κ2) is 6.34. The van der Waals surface area contributed by atoms with Gasteiger partial charge in [-0.1, -0.05) is 43.4 Å². The van der Waals surface area contributed by atoms with Crippen LogP contribution in [0.25, 0.3) is 0 Å². The van der Waals surface area contributed by atoms with Crippen molar-refractivity contribution < 1.29 is 0 Å². The molecular weight excluding hydrogens is 120 g/mol. The Bertz CT molecular complexity index is 138. The van der Waals surface area contributed by atoms with Crippen LogP contribution in [0.15, 0.2) is 36.5 Å². The molecule has 0 heteroatoms. The fourth-order valence-corrected chi connectivity index (χ4v) is 0.766. The average molecular weight is 136 g/mol. The van der Waals surface area contributed by atoms with Crippen LogP contribution in [0.3, 0.4) is 0 Å². The molecule has 0 fully saturated rings. The molecule has 0 nitrogen and oxygen atoms in total. The van der Waals surface area contributed by atoms with Gasteiger partial charge in [0, 0.05) is 0 Å². The van der Waals surface area contributed by atoms with Crippen molar-refractivity contribution in [3.63, 3.8) is 0 Å². The van der Waals surface area contributed by atoms with Crippen LogP contribution in [-0.2, 0) is 0 Å². The van der Waals surface area contributed by atoms with Gasteiger partial charge in [-0.05, 0) is 19.8 Å². The van der Waals surface area contributed by atoms with E-state index in [2.05, 4.69) is 31.7 Å². The van der Waals surface area contributed by atoms with Crippen molar-refractivity contribution in [3.8, 4) is 0 Å². The summed E-state index contributed by atoms with van der Waals surface area (Å²) in [4.78, 5) is 0. The summed E-state index contributed by atoms with van der Waals surface area (Å²) in [6.07, 6.45) is 10.4. The number of hydrogen-bond acceptors (Lipinski definition) is 0. The minimum Gasteiger partial charge on any atom is -0.0991 e. The summed E-state index contributed by atoms with van der Waals surface area (Å²) in [7, 11) is 0. The van der Waals surface area contributed by atoms with Crippen LogP contribution in [-0.4, -0.2) is 0 Å². The van der Waals surface area contributed by atoms with Crippen LogP contribution in [0.5, 0.6) is 0 Å². The van der Waals surface area contributed by atoms with E-state index in [9.17, 15) is 0 Å². The molecule has 0 aromatic heterocycles. The Labute approximate surface area is 64.0 Å². The molecule has 56 valence electrons. The van der Waals surface area contributed by atoms with Crippen LogP contribution in [0.2, 0.25) is 0 Å². The first-order valence-electron chi connectivity index (χ1n) is 3.76. The zero-order chi connectivity index (χ0) is 7.82. The molecular formula is C10H16. The third-order valence-corrected chi connectivity index (χ3v) is 1.42. The lowest BCUT2D eigenvalue weighted by atomic mass is 10.1. The van der Waals surface area contributed by atoms with Gasteiger partial charge < -0.3 is 0 Å². The summed E-state index contributed by atoms with van der Waals surface area (Å²) in [6.45, 7) is 7.86. The fraction of sp³-hybridized carbons (Fsp3) is 0.400. The highest BCUT2D eigenvalue weighted by Gasteiger charge is 1.86. The molecule has 10 heavy (non-hydrogen) atoms. The van der Waals surface area contributed by atoms with E-state index >= 15 is 0 Å². The highest BCUT2D eigenvalue weighted by molar-refractivity contribution is 5.12. The minimum atomic E-state index is 1.07. The predicted octanol–water partition coefficient (Wildman–Crippen LogP) is 3.48. The third kappa shape index (κ3) is 4.13. The quantitative estimate of drug-likeness (QED) is 0.410. The van der Waals surface area contributed by atoms with Crippen LogP contribution < -0.4 is 0 Å². The van der Waals surface area contributed by atoms with Crippen LogP contribution in [0.4, 0.5) is 0 Å². The third-order valence-electron chi connectivity index (χ3n) is 1.42. The molecule has 0 atom stereocenters. The van der Waals surface area contributed by atoms with Gasteiger partial charge >= 0.3 is 0 Å². The molecule has 0 saturated carbocycles. The first kappa shape index (κ1) is 9.22. The van der Waals surface area contributed by atoms with E-state index < -0.39 is 0 Å². The summed E-state index contributed by atoms with van der Waals surface area (Å²) < 4.78 is 0. The monoisotopic (exact) mass is 136 g/mol. The smallest absolute Gasteiger partial charge is 0.0136 e. The highest BCUT2D eigenvalue weighted by atomic mass is 13.9. The van der Waals surface area contributed by atoms with E-state index in [1.165, 1.54) is 5.57 Å². The molecule has 0 N–H and O–H groups in total. The lowest BCUT2D eigenvalue weighted by Gasteiger charge is -1.96.